The molecule has 0 saturated heterocycles. The lowest BCUT2D eigenvalue weighted by Gasteiger charge is -2.27. The van der Waals surface area contributed by atoms with E-state index in [2.05, 4.69) is 169 Å². The highest BCUT2D eigenvalue weighted by Crippen LogP contribution is 2.44. The van der Waals surface area contributed by atoms with Gasteiger partial charge in [-0.05, 0) is 94.0 Å². The zero-order valence-corrected chi connectivity index (χ0v) is 27.7. The zero-order chi connectivity index (χ0) is 33.7. The third-order valence-electron chi connectivity index (χ3n) is 9.84. The molecule has 0 amide bonds. The first-order chi connectivity index (χ1) is 25.3. The zero-order valence-electron chi connectivity index (χ0n) is 27.7. The van der Waals surface area contributed by atoms with Crippen molar-refractivity contribution in [2.75, 3.05) is 4.90 Å². The first-order valence-electron chi connectivity index (χ1n) is 17.2. The minimum absolute atomic E-state index is 0.827. The molecule has 51 heavy (non-hydrogen) atoms. The highest BCUT2D eigenvalue weighted by atomic mass is 16.3. The van der Waals surface area contributed by atoms with E-state index in [0.29, 0.717) is 0 Å². The molecule has 10 rings (SSSR count). The second-order valence-corrected chi connectivity index (χ2v) is 12.9. The maximum absolute atomic E-state index is 6.64. The molecule has 0 atom stereocenters. The van der Waals surface area contributed by atoms with Crippen LogP contribution in [0.3, 0.4) is 0 Å². The molecular weight excluding hydrogens is 623 g/mol. The van der Waals surface area contributed by atoms with Crippen LogP contribution in [-0.2, 0) is 0 Å². The van der Waals surface area contributed by atoms with Gasteiger partial charge in [0.25, 0.3) is 0 Å². The Labute approximate surface area is 295 Å². The van der Waals surface area contributed by atoms with Crippen molar-refractivity contribution in [3.8, 4) is 33.4 Å². The molecule has 2 aromatic heterocycles. The van der Waals surface area contributed by atoms with Crippen molar-refractivity contribution in [3.63, 3.8) is 0 Å². The lowest BCUT2D eigenvalue weighted by molar-refractivity contribution is 0.663. The van der Waals surface area contributed by atoms with Gasteiger partial charge in [0.2, 0.25) is 0 Å². The number of nitrogens with zero attached hydrogens (tertiary/aromatic N) is 1. The van der Waals surface area contributed by atoms with E-state index in [1.54, 1.807) is 0 Å². The fourth-order valence-corrected chi connectivity index (χ4v) is 7.43. The maximum Gasteiger partial charge on any atom is 0.137 e. The number of fused-ring (bicyclic) bond motifs is 7. The van der Waals surface area contributed by atoms with Gasteiger partial charge in [0.1, 0.15) is 22.3 Å². The van der Waals surface area contributed by atoms with Crippen LogP contribution in [0.1, 0.15) is 0 Å². The molecule has 0 N–H and O–H groups in total. The lowest BCUT2D eigenvalue weighted by atomic mass is 9.97. The summed E-state index contributed by atoms with van der Waals surface area (Å²) in [5, 5.41) is 4.32. The van der Waals surface area contributed by atoms with Crippen molar-refractivity contribution < 1.29 is 8.83 Å². The molecule has 8 aromatic carbocycles. The first-order valence-corrected chi connectivity index (χ1v) is 17.2. The van der Waals surface area contributed by atoms with E-state index in [1.807, 2.05) is 24.3 Å². The van der Waals surface area contributed by atoms with Gasteiger partial charge in [-0.3, -0.25) is 0 Å². The number of anilines is 3. The number of benzene rings is 8. The van der Waals surface area contributed by atoms with Crippen LogP contribution in [0.2, 0.25) is 0 Å². The van der Waals surface area contributed by atoms with E-state index in [4.69, 9.17) is 8.83 Å². The molecule has 240 valence electrons. The summed E-state index contributed by atoms with van der Waals surface area (Å²) in [6.45, 7) is 0. The minimum atomic E-state index is 0.827. The van der Waals surface area contributed by atoms with E-state index in [1.165, 1.54) is 22.3 Å². The van der Waals surface area contributed by atoms with Gasteiger partial charge in [0, 0.05) is 44.7 Å². The van der Waals surface area contributed by atoms with Crippen molar-refractivity contribution in [3.05, 3.63) is 188 Å². The fraction of sp³-hybridized carbons (Fsp3) is 0. The van der Waals surface area contributed by atoms with E-state index < -0.39 is 0 Å². The average molecular weight is 654 g/mol. The molecule has 0 unspecified atom stereocenters. The van der Waals surface area contributed by atoms with E-state index in [0.717, 1.165) is 72.1 Å². The first kappa shape index (κ1) is 29.1. The Balaban J connectivity index is 1.20. The maximum atomic E-state index is 6.64. The largest absolute Gasteiger partial charge is 0.456 e. The van der Waals surface area contributed by atoms with Gasteiger partial charge in [-0.15, -0.1) is 0 Å². The summed E-state index contributed by atoms with van der Waals surface area (Å²) in [5.41, 5.74) is 13.5. The SMILES string of the molecule is c1ccc(-c2ccc(N(c3cc(-c4ccccc4)cc(-c4ccccc4)c3)c3ccc4c(c3)oc3ccc5oc6ccccc6c5c34)cc2)cc1. The lowest BCUT2D eigenvalue weighted by Crippen LogP contribution is -2.10. The van der Waals surface area contributed by atoms with Gasteiger partial charge < -0.3 is 13.7 Å². The van der Waals surface area contributed by atoms with Crippen LogP contribution in [0, 0.1) is 0 Å². The molecule has 3 heteroatoms. The summed E-state index contributed by atoms with van der Waals surface area (Å²) in [6.07, 6.45) is 0. The van der Waals surface area contributed by atoms with Gasteiger partial charge in [0.15, 0.2) is 0 Å². The molecule has 0 aliphatic rings. The predicted molar refractivity (Wildman–Crippen MR) is 212 cm³/mol. The van der Waals surface area contributed by atoms with Crippen molar-refractivity contribution in [2.24, 2.45) is 0 Å². The van der Waals surface area contributed by atoms with Gasteiger partial charge >= 0.3 is 0 Å². The molecule has 0 fully saturated rings. The highest BCUT2D eigenvalue weighted by Gasteiger charge is 2.20. The quantitative estimate of drug-likeness (QED) is 0.179. The van der Waals surface area contributed by atoms with Crippen LogP contribution < -0.4 is 4.90 Å². The molecule has 0 bridgehead atoms. The van der Waals surface area contributed by atoms with Crippen molar-refractivity contribution in [1.82, 2.24) is 0 Å². The topological polar surface area (TPSA) is 29.5 Å². The molecule has 0 saturated carbocycles. The Morgan fingerprint density at radius 2 is 0.745 bits per heavy atom. The number of rotatable bonds is 6. The summed E-state index contributed by atoms with van der Waals surface area (Å²) in [7, 11) is 0. The molecular formula is C48H31NO2. The van der Waals surface area contributed by atoms with Crippen molar-refractivity contribution >= 4 is 60.9 Å². The summed E-state index contributed by atoms with van der Waals surface area (Å²) < 4.78 is 12.9. The van der Waals surface area contributed by atoms with Gasteiger partial charge in [-0.25, -0.2) is 0 Å². The average Bonchev–Trinajstić information content (AvgIpc) is 3.77. The summed E-state index contributed by atoms with van der Waals surface area (Å²) >= 11 is 0. The van der Waals surface area contributed by atoms with E-state index in [-0.39, 0.29) is 0 Å². The summed E-state index contributed by atoms with van der Waals surface area (Å²) in [6, 6.07) is 66.3. The number of hydrogen-bond acceptors (Lipinski definition) is 3. The Morgan fingerprint density at radius 1 is 0.275 bits per heavy atom. The Morgan fingerprint density at radius 3 is 1.35 bits per heavy atom. The number of para-hydroxylation sites is 1. The van der Waals surface area contributed by atoms with Crippen molar-refractivity contribution in [1.29, 1.82) is 0 Å². The molecule has 3 nitrogen and oxygen atoms in total. The Kier molecular flexibility index (Phi) is 6.81. The molecule has 0 aliphatic heterocycles. The monoisotopic (exact) mass is 653 g/mol. The van der Waals surface area contributed by atoms with E-state index >= 15 is 0 Å². The van der Waals surface area contributed by atoms with Crippen molar-refractivity contribution in [2.45, 2.75) is 0 Å². The third kappa shape index (κ3) is 5.06. The standard InChI is InChI=1S/C48H31NO2/c1-4-12-32(13-5-1)35-20-22-38(23-21-35)49(40-29-36(33-14-6-2-7-15-33)28-37(30-40)34-16-8-3-9-17-34)39-24-25-42-46(31-39)51-45-27-26-44-47(48(42)45)41-18-10-11-19-43(41)50-44/h1-31H. The number of hydrogen-bond donors (Lipinski definition) is 0. The molecule has 2 heterocycles. The summed E-state index contributed by atoms with van der Waals surface area (Å²) in [5.74, 6) is 0. The number of furan rings is 2. The van der Waals surface area contributed by atoms with Crippen LogP contribution in [0.4, 0.5) is 17.1 Å². The van der Waals surface area contributed by atoms with Gasteiger partial charge in [0.05, 0.1) is 0 Å². The predicted octanol–water partition coefficient (Wildman–Crippen LogP) is 14.0. The van der Waals surface area contributed by atoms with Crippen LogP contribution >= 0.6 is 0 Å². The second-order valence-electron chi connectivity index (χ2n) is 12.9. The van der Waals surface area contributed by atoms with Gasteiger partial charge in [-0.1, -0.05) is 121 Å². The van der Waals surface area contributed by atoms with Crippen LogP contribution in [0.5, 0.6) is 0 Å². The second kappa shape index (κ2) is 11.9. The minimum Gasteiger partial charge on any atom is -0.456 e. The Hall–Kier alpha value is -6.84. The van der Waals surface area contributed by atoms with Crippen LogP contribution in [-0.4, -0.2) is 0 Å². The summed E-state index contributed by atoms with van der Waals surface area (Å²) in [4.78, 5) is 2.34. The Bertz CT molecular complexity index is 2780. The van der Waals surface area contributed by atoms with Crippen LogP contribution in [0.15, 0.2) is 197 Å². The fourth-order valence-electron chi connectivity index (χ4n) is 7.43. The third-order valence-corrected chi connectivity index (χ3v) is 9.84. The molecule has 0 radical (unpaired) electrons. The normalized spacial score (nSPS) is 11.5. The highest BCUT2D eigenvalue weighted by molar-refractivity contribution is 6.25. The molecule has 0 spiro atoms. The van der Waals surface area contributed by atoms with Crippen LogP contribution in [0.25, 0.3) is 77.3 Å². The molecule has 10 aromatic rings. The smallest absolute Gasteiger partial charge is 0.137 e. The molecule has 0 aliphatic carbocycles. The van der Waals surface area contributed by atoms with E-state index in [9.17, 15) is 0 Å². The van der Waals surface area contributed by atoms with Gasteiger partial charge in [-0.2, -0.15) is 0 Å².